The Hall–Kier alpha value is -3.21. The van der Waals surface area contributed by atoms with Crippen molar-refractivity contribution in [3.63, 3.8) is 0 Å². The van der Waals surface area contributed by atoms with Crippen molar-refractivity contribution in [2.45, 2.75) is 34.2 Å². The summed E-state index contributed by atoms with van der Waals surface area (Å²) in [5.74, 6) is 0.188. The van der Waals surface area contributed by atoms with Gasteiger partial charge in [0.05, 0.1) is 0 Å². The summed E-state index contributed by atoms with van der Waals surface area (Å²) in [5, 5.41) is 6.15. The van der Waals surface area contributed by atoms with E-state index in [0.717, 1.165) is 22.4 Å². The lowest BCUT2D eigenvalue weighted by atomic mass is 10.1. The summed E-state index contributed by atoms with van der Waals surface area (Å²) in [7, 11) is 0. The molecule has 0 aliphatic heterocycles. The molecule has 0 radical (unpaired) electrons. The van der Waals surface area contributed by atoms with Crippen LogP contribution < -0.4 is 10.6 Å². The van der Waals surface area contributed by atoms with Gasteiger partial charge in [0.1, 0.15) is 5.69 Å². The zero-order valence-corrected chi connectivity index (χ0v) is 16.1. The Morgan fingerprint density at radius 2 is 1.70 bits per heavy atom. The number of anilines is 2. The van der Waals surface area contributed by atoms with Gasteiger partial charge in [-0.1, -0.05) is 47.5 Å². The van der Waals surface area contributed by atoms with E-state index < -0.39 is 0 Å². The van der Waals surface area contributed by atoms with Crippen molar-refractivity contribution in [1.29, 1.82) is 0 Å². The molecule has 0 saturated carbocycles. The number of aryl methyl sites for hydroxylation is 4. The van der Waals surface area contributed by atoms with Gasteiger partial charge in [-0.05, 0) is 50.5 Å². The number of amides is 1. The van der Waals surface area contributed by atoms with E-state index in [1.165, 1.54) is 11.1 Å². The van der Waals surface area contributed by atoms with Crippen LogP contribution in [0.3, 0.4) is 0 Å². The minimum atomic E-state index is -0.223. The highest BCUT2D eigenvalue weighted by atomic mass is 16.1. The maximum atomic E-state index is 12.5. The van der Waals surface area contributed by atoms with Crippen LogP contribution in [0.25, 0.3) is 0 Å². The summed E-state index contributed by atoms with van der Waals surface area (Å²) in [6, 6.07) is 13.9. The van der Waals surface area contributed by atoms with Crippen LogP contribution in [-0.4, -0.2) is 15.9 Å². The normalized spacial score (nSPS) is 10.5. The minimum absolute atomic E-state index is 0.223. The number of hydrogen-bond acceptors (Lipinski definition) is 4. The lowest BCUT2D eigenvalue weighted by Gasteiger charge is -2.13. The van der Waals surface area contributed by atoms with Gasteiger partial charge in [0.2, 0.25) is 5.95 Å². The van der Waals surface area contributed by atoms with Gasteiger partial charge in [0, 0.05) is 18.4 Å². The summed E-state index contributed by atoms with van der Waals surface area (Å²) in [4.78, 5) is 21.1. The van der Waals surface area contributed by atoms with Gasteiger partial charge in [0.25, 0.3) is 5.91 Å². The monoisotopic (exact) mass is 360 g/mol. The molecule has 2 aromatic carbocycles. The third-order valence-electron chi connectivity index (χ3n) is 4.34. The van der Waals surface area contributed by atoms with Gasteiger partial charge in [-0.15, -0.1) is 0 Å². The van der Waals surface area contributed by atoms with Crippen LogP contribution in [0, 0.1) is 27.7 Å². The predicted molar refractivity (Wildman–Crippen MR) is 108 cm³/mol. The first-order valence-corrected chi connectivity index (χ1v) is 8.94. The van der Waals surface area contributed by atoms with Crippen molar-refractivity contribution in [2.24, 2.45) is 0 Å². The molecule has 138 valence electrons. The van der Waals surface area contributed by atoms with E-state index >= 15 is 0 Å². The Morgan fingerprint density at radius 3 is 2.41 bits per heavy atom. The predicted octanol–water partition coefficient (Wildman–Crippen LogP) is 4.38. The third kappa shape index (κ3) is 4.70. The molecular formula is C22H24N4O. The number of carbonyl (C=O) groups excluding carboxylic acids is 1. The largest absolute Gasteiger partial charge is 0.347 e. The Bertz CT molecular complexity index is 959. The van der Waals surface area contributed by atoms with Crippen molar-refractivity contribution >= 4 is 17.5 Å². The zero-order valence-electron chi connectivity index (χ0n) is 16.1. The van der Waals surface area contributed by atoms with Crippen molar-refractivity contribution < 1.29 is 4.79 Å². The smallest absolute Gasteiger partial charge is 0.270 e. The van der Waals surface area contributed by atoms with E-state index in [1.807, 2.05) is 39.0 Å². The van der Waals surface area contributed by atoms with Crippen molar-refractivity contribution in [3.8, 4) is 0 Å². The fraction of sp³-hybridized carbons (Fsp3) is 0.227. The second-order valence-electron chi connectivity index (χ2n) is 6.84. The number of hydrogen-bond donors (Lipinski definition) is 2. The lowest BCUT2D eigenvalue weighted by Crippen LogP contribution is -2.24. The molecule has 3 rings (SSSR count). The molecule has 0 bridgehead atoms. The second kappa shape index (κ2) is 7.99. The summed E-state index contributed by atoms with van der Waals surface area (Å²) in [5.41, 5.74) is 6.97. The Morgan fingerprint density at radius 1 is 0.963 bits per heavy atom. The molecule has 0 spiro atoms. The number of nitrogens with zero attached hydrogens (tertiary/aromatic N) is 2. The standard InChI is InChI=1S/C22H24N4O/c1-14-6-5-7-18(12-14)13-24-21(27)19-8-9-23-22(25-19)26-20-16(3)10-15(2)11-17(20)4/h5-12H,13H2,1-4H3,(H,24,27)(H,23,25,26). The van der Waals surface area contributed by atoms with E-state index in [-0.39, 0.29) is 5.91 Å². The maximum Gasteiger partial charge on any atom is 0.270 e. The van der Waals surface area contributed by atoms with Crippen molar-refractivity contribution in [3.05, 3.63) is 82.2 Å². The number of rotatable bonds is 5. The molecule has 1 heterocycles. The molecule has 0 saturated heterocycles. The highest BCUT2D eigenvalue weighted by Crippen LogP contribution is 2.24. The summed E-state index contributed by atoms with van der Waals surface area (Å²) in [6.45, 7) is 8.65. The highest BCUT2D eigenvalue weighted by Gasteiger charge is 2.11. The first kappa shape index (κ1) is 18.6. The molecule has 0 aliphatic rings. The van der Waals surface area contributed by atoms with Gasteiger partial charge in [-0.3, -0.25) is 4.79 Å². The molecule has 2 N–H and O–H groups in total. The summed E-state index contributed by atoms with van der Waals surface area (Å²) < 4.78 is 0. The third-order valence-corrected chi connectivity index (χ3v) is 4.34. The Balaban J connectivity index is 1.72. The number of benzene rings is 2. The van der Waals surface area contributed by atoms with E-state index in [2.05, 4.69) is 45.7 Å². The minimum Gasteiger partial charge on any atom is -0.347 e. The van der Waals surface area contributed by atoms with Crippen LogP contribution >= 0.6 is 0 Å². The molecular weight excluding hydrogens is 336 g/mol. The van der Waals surface area contributed by atoms with Crippen LogP contribution in [0.5, 0.6) is 0 Å². The van der Waals surface area contributed by atoms with Gasteiger partial charge in [-0.2, -0.15) is 0 Å². The van der Waals surface area contributed by atoms with E-state index in [0.29, 0.717) is 18.2 Å². The van der Waals surface area contributed by atoms with Gasteiger partial charge < -0.3 is 10.6 Å². The molecule has 27 heavy (non-hydrogen) atoms. The van der Waals surface area contributed by atoms with Crippen LogP contribution in [0.1, 0.15) is 38.3 Å². The molecule has 5 heteroatoms. The Labute approximate surface area is 159 Å². The fourth-order valence-electron chi connectivity index (χ4n) is 3.13. The molecule has 1 amide bonds. The molecule has 0 atom stereocenters. The molecule has 5 nitrogen and oxygen atoms in total. The first-order valence-electron chi connectivity index (χ1n) is 8.94. The molecule has 0 unspecified atom stereocenters. The Kier molecular flexibility index (Phi) is 5.50. The molecule has 1 aromatic heterocycles. The number of aromatic nitrogens is 2. The number of carbonyl (C=O) groups is 1. The van der Waals surface area contributed by atoms with Gasteiger partial charge in [0.15, 0.2) is 0 Å². The molecule has 3 aromatic rings. The quantitative estimate of drug-likeness (QED) is 0.708. The SMILES string of the molecule is Cc1cccc(CNC(=O)c2ccnc(Nc3c(C)cc(C)cc3C)n2)c1. The van der Waals surface area contributed by atoms with Crippen LogP contribution in [0.15, 0.2) is 48.7 Å². The average Bonchev–Trinajstić information content (AvgIpc) is 2.63. The fourth-order valence-corrected chi connectivity index (χ4v) is 3.13. The summed E-state index contributed by atoms with van der Waals surface area (Å²) in [6.07, 6.45) is 1.59. The van der Waals surface area contributed by atoms with Crippen LogP contribution in [0.2, 0.25) is 0 Å². The van der Waals surface area contributed by atoms with Gasteiger partial charge in [-0.25, -0.2) is 9.97 Å². The lowest BCUT2D eigenvalue weighted by molar-refractivity contribution is 0.0946. The van der Waals surface area contributed by atoms with Crippen LogP contribution in [0.4, 0.5) is 11.6 Å². The first-order chi connectivity index (χ1) is 12.9. The topological polar surface area (TPSA) is 66.9 Å². The maximum absolute atomic E-state index is 12.5. The van der Waals surface area contributed by atoms with E-state index in [4.69, 9.17) is 0 Å². The highest BCUT2D eigenvalue weighted by molar-refractivity contribution is 5.92. The molecule has 0 aliphatic carbocycles. The number of nitrogens with one attached hydrogen (secondary N) is 2. The van der Waals surface area contributed by atoms with Crippen molar-refractivity contribution in [2.75, 3.05) is 5.32 Å². The zero-order chi connectivity index (χ0) is 19.4. The van der Waals surface area contributed by atoms with Crippen LogP contribution in [-0.2, 0) is 6.54 Å². The van der Waals surface area contributed by atoms with Crippen molar-refractivity contribution in [1.82, 2.24) is 15.3 Å². The van der Waals surface area contributed by atoms with Gasteiger partial charge >= 0.3 is 0 Å². The summed E-state index contributed by atoms with van der Waals surface area (Å²) >= 11 is 0. The van der Waals surface area contributed by atoms with E-state index in [9.17, 15) is 4.79 Å². The van der Waals surface area contributed by atoms with E-state index in [1.54, 1.807) is 12.3 Å². The molecule has 0 fully saturated rings. The second-order valence-corrected chi connectivity index (χ2v) is 6.84. The average molecular weight is 360 g/mol.